The first-order valence-electron chi connectivity index (χ1n) is 5.35. The van der Waals surface area contributed by atoms with Crippen LogP contribution in [0.5, 0.6) is 0 Å². The molecule has 0 spiro atoms. The van der Waals surface area contributed by atoms with Crippen LogP contribution in [-0.4, -0.2) is 17.2 Å². The minimum atomic E-state index is 0.292. The summed E-state index contributed by atoms with van der Waals surface area (Å²) in [6.45, 7) is 10.0. The van der Waals surface area contributed by atoms with E-state index < -0.39 is 0 Å². The maximum Gasteiger partial charge on any atom is 0.132 e. The number of hydrogen-bond donors (Lipinski definition) is 1. The fourth-order valence-corrected chi connectivity index (χ4v) is 0.935. The van der Waals surface area contributed by atoms with Crippen molar-refractivity contribution in [1.82, 2.24) is 4.98 Å². The van der Waals surface area contributed by atoms with Crippen LogP contribution in [0.4, 0.5) is 5.82 Å². The number of nitrogen functional groups attached to an aromatic ring is 1. The molecule has 0 fully saturated rings. The molecular weight excluding hydrogens is 186 g/mol. The Morgan fingerprint density at radius 1 is 1.40 bits per heavy atom. The number of rotatable bonds is 2. The van der Waals surface area contributed by atoms with E-state index in [2.05, 4.69) is 9.98 Å². The Morgan fingerprint density at radius 2 is 2.00 bits per heavy atom. The van der Waals surface area contributed by atoms with E-state index in [0.29, 0.717) is 11.9 Å². The molecule has 0 radical (unpaired) electrons. The van der Waals surface area contributed by atoms with Crippen LogP contribution in [0.1, 0.15) is 38.8 Å². The van der Waals surface area contributed by atoms with Crippen LogP contribution in [0, 0.1) is 6.92 Å². The Morgan fingerprint density at radius 3 is 2.53 bits per heavy atom. The van der Waals surface area contributed by atoms with Crippen LogP contribution in [0.25, 0.3) is 0 Å². The summed E-state index contributed by atoms with van der Waals surface area (Å²) < 4.78 is 0. The molecule has 1 rings (SSSR count). The lowest BCUT2D eigenvalue weighted by molar-refractivity contribution is 0.841. The quantitative estimate of drug-likeness (QED) is 0.758. The standard InChI is InChI=1S/C10H15N3.C2H6/c1-7(2)12-6-9-4-8(3)5-13-10(9)11;1-2/h4-7H,1-3H3,(H2,11,13);1-2H3. The van der Waals surface area contributed by atoms with E-state index in [1.807, 2.05) is 40.7 Å². The SMILES string of the molecule is CC.Cc1cnc(N)c(C=NC(C)C)c1. The van der Waals surface area contributed by atoms with Crippen molar-refractivity contribution in [3.8, 4) is 0 Å². The molecule has 3 nitrogen and oxygen atoms in total. The maximum atomic E-state index is 5.67. The molecule has 0 aliphatic carbocycles. The fraction of sp³-hybridized carbons (Fsp3) is 0.500. The van der Waals surface area contributed by atoms with Gasteiger partial charge in [-0.3, -0.25) is 4.99 Å². The van der Waals surface area contributed by atoms with Gasteiger partial charge in [-0.2, -0.15) is 0 Å². The molecule has 0 aliphatic heterocycles. The first-order chi connectivity index (χ1) is 7.09. The Kier molecular flexibility index (Phi) is 6.34. The molecule has 15 heavy (non-hydrogen) atoms. The van der Waals surface area contributed by atoms with Crippen LogP contribution in [0.3, 0.4) is 0 Å². The van der Waals surface area contributed by atoms with E-state index in [1.165, 1.54) is 0 Å². The van der Waals surface area contributed by atoms with Gasteiger partial charge in [0.1, 0.15) is 5.82 Å². The zero-order valence-electron chi connectivity index (χ0n) is 10.3. The zero-order chi connectivity index (χ0) is 11.8. The fourth-order valence-electron chi connectivity index (χ4n) is 0.935. The normalized spacial score (nSPS) is 10.3. The molecule has 84 valence electrons. The van der Waals surface area contributed by atoms with Gasteiger partial charge in [0.15, 0.2) is 0 Å². The van der Waals surface area contributed by atoms with Crippen molar-refractivity contribution in [3.63, 3.8) is 0 Å². The highest BCUT2D eigenvalue weighted by Crippen LogP contribution is 2.07. The first-order valence-corrected chi connectivity index (χ1v) is 5.35. The highest BCUT2D eigenvalue weighted by Gasteiger charge is 1.97. The average molecular weight is 207 g/mol. The predicted molar refractivity (Wildman–Crippen MR) is 67.5 cm³/mol. The highest BCUT2D eigenvalue weighted by atomic mass is 14.8. The molecule has 0 saturated heterocycles. The molecule has 3 heteroatoms. The second kappa shape index (κ2) is 6.98. The first kappa shape index (κ1) is 13.6. The molecule has 0 unspecified atom stereocenters. The number of anilines is 1. The van der Waals surface area contributed by atoms with E-state index in [-0.39, 0.29) is 0 Å². The van der Waals surface area contributed by atoms with Gasteiger partial charge in [0.05, 0.1) is 0 Å². The number of pyridine rings is 1. The van der Waals surface area contributed by atoms with Gasteiger partial charge in [-0.05, 0) is 32.4 Å². The van der Waals surface area contributed by atoms with Crippen molar-refractivity contribution in [3.05, 3.63) is 23.4 Å². The van der Waals surface area contributed by atoms with E-state index in [9.17, 15) is 0 Å². The Balaban J connectivity index is 0.000000921. The molecule has 1 aromatic rings. The zero-order valence-corrected chi connectivity index (χ0v) is 10.3. The van der Waals surface area contributed by atoms with Crippen LogP contribution in [0.15, 0.2) is 17.3 Å². The topological polar surface area (TPSA) is 51.3 Å². The third-order valence-corrected chi connectivity index (χ3v) is 1.60. The molecule has 0 bridgehead atoms. The van der Waals surface area contributed by atoms with Gasteiger partial charge in [-0.15, -0.1) is 0 Å². The molecule has 0 atom stereocenters. The van der Waals surface area contributed by atoms with Gasteiger partial charge in [0, 0.05) is 24.0 Å². The summed E-state index contributed by atoms with van der Waals surface area (Å²) in [6, 6.07) is 2.27. The molecule has 0 aliphatic rings. The van der Waals surface area contributed by atoms with Crippen molar-refractivity contribution in [2.75, 3.05) is 5.73 Å². The van der Waals surface area contributed by atoms with Gasteiger partial charge in [0.2, 0.25) is 0 Å². The van der Waals surface area contributed by atoms with Gasteiger partial charge in [0.25, 0.3) is 0 Å². The number of aryl methyl sites for hydroxylation is 1. The largest absolute Gasteiger partial charge is 0.383 e. The van der Waals surface area contributed by atoms with Gasteiger partial charge < -0.3 is 5.73 Å². The number of hydrogen-bond acceptors (Lipinski definition) is 3. The predicted octanol–water partition coefficient (Wildman–Crippen LogP) is 2.83. The Labute approximate surface area is 92.4 Å². The van der Waals surface area contributed by atoms with E-state index in [4.69, 9.17) is 5.73 Å². The minimum absolute atomic E-state index is 0.292. The van der Waals surface area contributed by atoms with Gasteiger partial charge in [-0.1, -0.05) is 13.8 Å². The second-order valence-corrected chi connectivity index (χ2v) is 3.36. The highest BCUT2D eigenvalue weighted by molar-refractivity contribution is 5.85. The van der Waals surface area contributed by atoms with Gasteiger partial charge in [-0.25, -0.2) is 4.98 Å². The Hall–Kier alpha value is -1.38. The van der Waals surface area contributed by atoms with Crippen molar-refractivity contribution >= 4 is 12.0 Å². The molecule has 0 amide bonds. The van der Waals surface area contributed by atoms with Crippen LogP contribution in [-0.2, 0) is 0 Å². The third-order valence-electron chi connectivity index (χ3n) is 1.60. The monoisotopic (exact) mass is 207 g/mol. The summed E-state index contributed by atoms with van der Waals surface area (Å²) >= 11 is 0. The number of aromatic nitrogens is 1. The summed E-state index contributed by atoms with van der Waals surface area (Å²) in [7, 11) is 0. The molecular formula is C12H21N3. The van der Waals surface area contributed by atoms with E-state index >= 15 is 0 Å². The minimum Gasteiger partial charge on any atom is -0.383 e. The maximum absolute atomic E-state index is 5.67. The molecule has 1 heterocycles. The van der Waals surface area contributed by atoms with Gasteiger partial charge >= 0.3 is 0 Å². The van der Waals surface area contributed by atoms with E-state index in [1.54, 1.807) is 12.4 Å². The average Bonchev–Trinajstić information content (AvgIpc) is 2.22. The van der Waals surface area contributed by atoms with Crippen molar-refractivity contribution < 1.29 is 0 Å². The molecule has 1 aromatic heterocycles. The summed E-state index contributed by atoms with van der Waals surface area (Å²) in [5.74, 6) is 0.537. The van der Waals surface area contributed by atoms with E-state index in [0.717, 1.165) is 11.1 Å². The summed E-state index contributed by atoms with van der Waals surface area (Å²) in [5.41, 5.74) is 7.67. The van der Waals surface area contributed by atoms with Crippen molar-refractivity contribution in [1.29, 1.82) is 0 Å². The summed E-state index contributed by atoms with van der Waals surface area (Å²) in [6.07, 6.45) is 3.53. The third kappa shape index (κ3) is 5.15. The van der Waals surface area contributed by atoms with Crippen molar-refractivity contribution in [2.24, 2.45) is 4.99 Å². The Bertz CT molecular complexity index is 317. The lowest BCUT2D eigenvalue weighted by atomic mass is 10.2. The number of aliphatic imine (C=N–C) groups is 1. The number of nitrogens with zero attached hydrogens (tertiary/aromatic N) is 2. The van der Waals surface area contributed by atoms with Crippen molar-refractivity contribution in [2.45, 2.75) is 40.7 Å². The molecule has 0 aromatic carbocycles. The lowest BCUT2D eigenvalue weighted by Crippen LogP contribution is -1.99. The summed E-state index contributed by atoms with van der Waals surface area (Å²) in [5, 5.41) is 0. The van der Waals surface area contributed by atoms with Crippen LogP contribution in [0.2, 0.25) is 0 Å². The van der Waals surface area contributed by atoms with Crippen LogP contribution < -0.4 is 5.73 Å². The molecule has 0 saturated carbocycles. The summed E-state index contributed by atoms with van der Waals surface area (Å²) in [4.78, 5) is 8.29. The lowest BCUT2D eigenvalue weighted by Gasteiger charge is -2.00. The second-order valence-electron chi connectivity index (χ2n) is 3.36. The van der Waals surface area contributed by atoms with Crippen LogP contribution >= 0.6 is 0 Å². The smallest absolute Gasteiger partial charge is 0.132 e. The number of nitrogens with two attached hydrogens (primary N) is 1. The molecule has 2 N–H and O–H groups in total.